The molecular formula is C13H14N4O3S. The van der Waals surface area contributed by atoms with Crippen LogP contribution in [0.2, 0.25) is 0 Å². The Morgan fingerprint density at radius 1 is 1.19 bits per heavy atom. The van der Waals surface area contributed by atoms with Gasteiger partial charge in [-0.05, 0) is 42.4 Å². The highest BCUT2D eigenvalue weighted by molar-refractivity contribution is 8.03. The number of carbonyl (C=O) groups excluding carboxylic acids is 3. The summed E-state index contributed by atoms with van der Waals surface area (Å²) in [6.07, 6.45) is 1.11. The van der Waals surface area contributed by atoms with Crippen LogP contribution in [0.15, 0.2) is 29.2 Å². The second-order valence-electron chi connectivity index (χ2n) is 3.85. The number of rotatable bonds is 7. The van der Waals surface area contributed by atoms with Crippen LogP contribution < -0.4 is 16.0 Å². The number of carbonyl (C=O) groups is 3. The quantitative estimate of drug-likeness (QED) is 0.223. The molecule has 0 atom stereocenters. The first-order valence-electron chi connectivity index (χ1n) is 6.09. The third-order valence-electron chi connectivity index (χ3n) is 2.35. The van der Waals surface area contributed by atoms with E-state index in [2.05, 4.69) is 16.0 Å². The number of anilines is 1. The molecule has 0 radical (unpaired) electrons. The van der Waals surface area contributed by atoms with Crippen molar-refractivity contribution in [3.05, 3.63) is 24.3 Å². The topological polar surface area (TPSA) is 111 Å². The Morgan fingerprint density at radius 3 is 2.52 bits per heavy atom. The molecule has 110 valence electrons. The molecule has 0 aliphatic carbocycles. The van der Waals surface area contributed by atoms with Crippen molar-refractivity contribution in [1.29, 1.82) is 5.26 Å². The van der Waals surface area contributed by atoms with Gasteiger partial charge in [-0.25, -0.2) is 0 Å². The van der Waals surface area contributed by atoms with Crippen LogP contribution in [0.4, 0.5) is 5.69 Å². The summed E-state index contributed by atoms with van der Waals surface area (Å²) >= 11 is 1.01. The molecule has 21 heavy (non-hydrogen) atoms. The third-order valence-corrected chi connectivity index (χ3v) is 2.95. The van der Waals surface area contributed by atoms with E-state index >= 15 is 0 Å². The maximum atomic E-state index is 11.6. The van der Waals surface area contributed by atoms with Gasteiger partial charge in [-0.15, -0.1) is 0 Å². The van der Waals surface area contributed by atoms with Crippen molar-refractivity contribution in [2.75, 3.05) is 18.4 Å². The van der Waals surface area contributed by atoms with Gasteiger partial charge < -0.3 is 16.0 Å². The predicted octanol–water partition coefficient (Wildman–Crippen LogP) is 0.451. The summed E-state index contributed by atoms with van der Waals surface area (Å²) in [7, 11) is 0. The summed E-state index contributed by atoms with van der Waals surface area (Å²) in [5, 5.41) is 17.8. The van der Waals surface area contributed by atoms with Gasteiger partial charge in [0.05, 0.1) is 0 Å². The molecule has 8 heteroatoms. The van der Waals surface area contributed by atoms with Crippen LogP contribution in [0.3, 0.4) is 0 Å². The molecule has 1 aromatic rings. The molecule has 0 aliphatic heterocycles. The van der Waals surface area contributed by atoms with E-state index in [9.17, 15) is 14.4 Å². The Labute approximate surface area is 126 Å². The van der Waals surface area contributed by atoms with Gasteiger partial charge in [-0.3, -0.25) is 14.4 Å². The summed E-state index contributed by atoms with van der Waals surface area (Å²) in [6, 6.07) is 6.57. The van der Waals surface area contributed by atoms with E-state index in [1.807, 2.05) is 5.40 Å². The second kappa shape index (κ2) is 9.39. The summed E-state index contributed by atoms with van der Waals surface area (Å²) in [6.45, 7) is 0.730. The molecule has 1 aromatic carbocycles. The van der Waals surface area contributed by atoms with Crippen molar-refractivity contribution in [1.82, 2.24) is 10.6 Å². The fraction of sp³-hybridized carbons (Fsp3) is 0.231. The molecule has 0 unspecified atom stereocenters. The minimum absolute atomic E-state index is 0.296. The number of thiocyanates is 1. The van der Waals surface area contributed by atoms with Crippen LogP contribution >= 0.6 is 11.8 Å². The van der Waals surface area contributed by atoms with Crippen molar-refractivity contribution in [3.63, 3.8) is 0 Å². The van der Waals surface area contributed by atoms with Gasteiger partial charge in [0.25, 0.3) is 0 Å². The van der Waals surface area contributed by atoms with E-state index in [1.54, 1.807) is 24.3 Å². The Hall–Kier alpha value is -2.53. The van der Waals surface area contributed by atoms with Gasteiger partial charge in [-0.2, -0.15) is 5.26 Å². The monoisotopic (exact) mass is 306 g/mol. The fourth-order valence-corrected chi connectivity index (χ4v) is 1.76. The Bertz CT molecular complexity index is 539. The van der Waals surface area contributed by atoms with Crippen LogP contribution in [0, 0.1) is 10.7 Å². The molecule has 3 amide bonds. The fourth-order valence-electron chi connectivity index (χ4n) is 1.38. The van der Waals surface area contributed by atoms with E-state index in [-0.39, 0.29) is 0 Å². The van der Waals surface area contributed by atoms with Crippen molar-refractivity contribution < 1.29 is 14.4 Å². The lowest BCUT2D eigenvalue weighted by Gasteiger charge is -2.06. The largest absolute Gasteiger partial charge is 0.359 e. The Balaban J connectivity index is 2.36. The van der Waals surface area contributed by atoms with Crippen LogP contribution in [0.5, 0.6) is 0 Å². The SMILES string of the molecule is N#CSc1ccc(NC(=O)C(=O)NCCCNC=O)cc1. The van der Waals surface area contributed by atoms with Gasteiger partial charge in [0.1, 0.15) is 5.40 Å². The van der Waals surface area contributed by atoms with Crippen LogP contribution in [-0.4, -0.2) is 31.3 Å². The predicted molar refractivity (Wildman–Crippen MR) is 78.2 cm³/mol. The maximum absolute atomic E-state index is 11.6. The molecule has 0 aliphatic rings. The lowest BCUT2D eigenvalue weighted by Crippen LogP contribution is -2.36. The summed E-state index contributed by atoms with van der Waals surface area (Å²) in [5.74, 6) is -1.50. The van der Waals surface area contributed by atoms with E-state index in [0.717, 1.165) is 16.7 Å². The molecule has 0 saturated heterocycles. The third kappa shape index (κ3) is 6.44. The van der Waals surface area contributed by atoms with Crippen molar-refractivity contribution in [2.24, 2.45) is 0 Å². The smallest absolute Gasteiger partial charge is 0.313 e. The Morgan fingerprint density at radius 2 is 1.90 bits per heavy atom. The molecule has 0 bridgehead atoms. The summed E-state index contributed by atoms with van der Waals surface area (Å²) in [4.78, 5) is 33.8. The van der Waals surface area contributed by atoms with E-state index in [1.165, 1.54) is 0 Å². The highest BCUT2D eigenvalue weighted by Crippen LogP contribution is 2.18. The zero-order valence-electron chi connectivity index (χ0n) is 11.1. The number of hydrogen-bond acceptors (Lipinski definition) is 5. The molecule has 3 N–H and O–H groups in total. The van der Waals surface area contributed by atoms with Crippen LogP contribution in [0.25, 0.3) is 0 Å². The van der Waals surface area contributed by atoms with Gasteiger partial charge in [0.2, 0.25) is 6.41 Å². The molecule has 1 rings (SSSR count). The molecular weight excluding hydrogens is 292 g/mol. The zero-order valence-corrected chi connectivity index (χ0v) is 11.9. The highest BCUT2D eigenvalue weighted by Gasteiger charge is 2.12. The second-order valence-corrected chi connectivity index (χ2v) is 4.71. The normalized spacial score (nSPS) is 9.29. The van der Waals surface area contributed by atoms with Gasteiger partial charge >= 0.3 is 11.8 Å². The average Bonchev–Trinajstić information content (AvgIpc) is 2.49. The standard InChI is InChI=1S/C13H14N4O3S/c14-8-21-11-4-2-10(3-5-11)17-13(20)12(19)16-7-1-6-15-9-18/h2-5,9H,1,6-7H2,(H,15,18)(H,16,19)(H,17,20). The number of nitrogens with one attached hydrogen (secondary N) is 3. The van der Waals surface area contributed by atoms with Crippen molar-refractivity contribution in [3.8, 4) is 5.40 Å². The molecule has 0 spiro atoms. The summed E-state index contributed by atoms with van der Waals surface area (Å²) in [5.41, 5.74) is 0.472. The number of nitrogens with zero attached hydrogens (tertiary/aromatic N) is 1. The van der Waals surface area contributed by atoms with Crippen LogP contribution in [-0.2, 0) is 14.4 Å². The van der Waals surface area contributed by atoms with E-state index in [0.29, 0.717) is 31.6 Å². The number of benzene rings is 1. The number of hydrogen-bond donors (Lipinski definition) is 3. The molecule has 0 fully saturated rings. The molecule has 0 heterocycles. The lowest BCUT2D eigenvalue weighted by atomic mass is 10.3. The number of nitriles is 1. The molecule has 0 saturated carbocycles. The van der Waals surface area contributed by atoms with Gasteiger partial charge in [-0.1, -0.05) is 0 Å². The molecule has 7 nitrogen and oxygen atoms in total. The van der Waals surface area contributed by atoms with Crippen molar-refractivity contribution in [2.45, 2.75) is 11.3 Å². The summed E-state index contributed by atoms with van der Waals surface area (Å²) < 4.78 is 0. The highest BCUT2D eigenvalue weighted by atomic mass is 32.2. The minimum Gasteiger partial charge on any atom is -0.359 e. The van der Waals surface area contributed by atoms with Gasteiger partial charge in [0.15, 0.2) is 0 Å². The van der Waals surface area contributed by atoms with Crippen LogP contribution in [0.1, 0.15) is 6.42 Å². The first kappa shape index (κ1) is 16.5. The number of thioether (sulfide) groups is 1. The average molecular weight is 306 g/mol. The first-order chi connectivity index (χ1) is 10.2. The van der Waals surface area contributed by atoms with E-state index < -0.39 is 11.8 Å². The van der Waals surface area contributed by atoms with Gasteiger partial charge in [0, 0.05) is 23.7 Å². The zero-order chi connectivity index (χ0) is 15.5. The molecule has 0 aromatic heterocycles. The maximum Gasteiger partial charge on any atom is 0.313 e. The van der Waals surface area contributed by atoms with Crippen molar-refractivity contribution >= 4 is 35.7 Å². The van der Waals surface area contributed by atoms with E-state index in [4.69, 9.17) is 5.26 Å². The minimum atomic E-state index is -0.765. The lowest BCUT2D eigenvalue weighted by molar-refractivity contribution is -0.136. The first-order valence-corrected chi connectivity index (χ1v) is 6.91. The number of amides is 3. The Kier molecular flexibility index (Phi) is 7.39.